The fraction of sp³-hybridized carbons (Fsp3) is 0.214. The lowest BCUT2D eigenvalue weighted by Crippen LogP contribution is -2.11. The van der Waals surface area contributed by atoms with Crippen molar-refractivity contribution in [2.45, 2.75) is 6.42 Å². The van der Waals surface area contributed by atoms with Crippen molar-refractivity contribution in [2.24, 2.45) is 0 Å². The summed E-state index contributed by atoms with van der Waals surface area (Å²) < 4.78 is 5.54. The average Bonchev–Trinajstić information content (AvgIpc) is 2.48. The van der Waals surface area contributed by atoms with E-state index in [1.807, 2.05) is 30.3 Å². The van der Waals surface area contributed by atoms with Crippen LogP contribution in [0.5, 0.6) is 5.75 Å². The maximum Gasteiger partial charge on any atom is 0.354 e. The van der Waals surface area contributed by atoms with E-state index >= 15 is 0 Å². The monoisotopic (exact) mass is 273 g/mol. The summed E-state index contributed by atoms with van der Waals surface area (Å²) in [5, 5.41) is 11.8. The van der Waals surface area contributed by atoms with Gasteiger partial charge in [-0.2, -0.15) is 0 Å². The normalized spacial score (nSPS) is 10.1. The van der Waals surface area contributed by atoms with Crippen LogP contribution in [0.25, 0.3) is 0 Å². The first kappa shape index (κ1) is 13.8. The van der Waals surface area contributed by atoms with E-state index in [0.29, 0.717) is 24.7 Å². The number of nitrogens with one attached hydrogen (secondary N) is 1. The molecule has 0 aliphatic rings. The summed E-state index contributed by atoms with van der Waals surface area (Å²) in [5.41, 5.74) is -0.0286. The van der Waals surface area contributed by atoms with E-state index in [1.54, 1.807) is 7.05 Å². The second-order valence-electron chi connectivity index (χ2n) is 4.02. The Hall–Kier alpha value is -2.63. The van der Waals surface area contributed by atoms with Crippen molar-refractivity contribution >= 4 is 11.8 Å². The van der Waals surface area contributed by atoms with Gasteiger partial charge in [0.1, 0.15) is 17.4 Å². The zero-order valence-corrected chi connectivity index (χ0v) is 11.0. The molecule has 2 rings (SSSR count). The first-order valence-electron chi connectivity index (χ1n) is 6.16. The van der Waals surface area contributed by atoms with Crippen LogP contribution in [0.3, 0.4) is 0 Å². The Morgan fingerprint density at radius 1 is 1.30 bits per heavy atom. The van der Waals surface area contributed by atoms with Gasteiger partial charge in [-0.15, -0.1) is 0 Å². The Labute approximate surface area is 116 Å². The minimum Gasteiger partial charge on any atom is -0.493 e. The molecule has 0 fully saturated rings. The minimum absolute atomic E-state index is 0.0286. The summed E-state index contributed by atoms with van der Waals surface area (Å²) in [5.74, 6) is 0.599. The summed E-state index contributed by atoms with van der Waals surface area (Å²) in [7, 11) is 1.68. The van der Waals surface area contributed by atoms with Crippen molar-refractivity contribution in [3.05, 3.63) is 47.9 Å². The number of para-hydroxylation sites is 1. The predicted octanol–water partition coefficient (Wildman–Crippen LogP) is 1.84. The molecule has 0 spiro atoms. The van der Waals surface area contributed by atoms with Gasteiger partial charge >= 0.3 is 5.97 Å². The van der Waals surface area contributed by atoms with E-state index in [-0.39, 0.29) is 5.69 Å². The zero-order valence-electron chi connectivity index (χ0n) is 11.0. The van der Waals surface area contributed by atoms with Crippen LogP contribution < -0.4 is 10.1 Å². The number of anilines is 1. The topological polar surface area (TPSA) is 84.3 Å². The molecule has 1 aromatic heterocycles. The Bertz CT molecular complexity index is 587. The first-order valence-corrected chi connectivity index (χ1v) is 6.16. The van der Waals surface area contributed by atoms with Crippen LogP contribution in [0, 0.1) is 0 Å². The van der Waals surface area contributed by atoms with Crippen LogP contribution in [0.4, 0.5) is 5.82 Å². The summed E-state index contributed by atoms with van der Waals surface area (Å²) in [6, 6.07) is 10.8. The molecule has 0 amide bonds. The van der Waals surface area contributed by atoms with Crippen LogP contribution in [-0.4, -0.2) is 34.7 Å². The second-order valence-corrected chi connectivity index (χ2v) is 4.02. The molecule has 6 nitrogen and oxygen atoms in total. The number of aromatic nitrogens is 2. The van der Waals surface area contributed by atoms with Crippen molar-refractivity contribution in [3.63, 3.8) is 0 Å². The van der Waals surface area contributed by atoms with Gasteiger partial charge in [0.25, 0.3) is 0 Å². The molecule has 0 atom stereocenters. The number of aromatic carboxylic acids is 1. The third kappa shape index (κ3) is 3.68. The number of benzene rings is 1. The highest BCUT2D eigenvalue weighted by Gasteiger charge is 2.09. The number of hydrogen-bond donors (Lipinski definition) is 2. The Morgan fingerprint density at radius 3 is 2.70 bits per heavy atom. The zero-order chi connectivity index (χ0) is 14.4. The lowest BCUT2D eigenvalue weighted by atomic mass is 10.3. The summed E-state index contributed by atoms with van der Waals surface area (Å²) >= 11 is 0. The number of carboxylic acids is 1. The van der Waals surface area contributed by atoms with Gasteiger partial charge in [0.2, 0.25) is 0 Å². The highest BCUT2D eigenvalue weighted by molar-refractivity contribution is 5.86. The number of carboxylic acid groups (broad SMARTS) is 1. The molecule has 0 saturated heterocycles. The average molecular weight is 273 g/mol. The molecular formula is C14H15N3O3. The quantitative estimate of drug-likeness (QED) is 0.835. The van der Waals surface area contributed by atoms with E-state index in [4.69, 9.17) is 9.84 Å². The van der Waals surface area contributed by atoms with E-state index in [9.17, 15) is 4.79 Å². The first-order chi connectivity index (χ1) is 9.69. The summed E-state index contributed by atoms with van der Waals surface area (Å²) in [6.07, 6.45) is 0.435. The summed E-state index contributed by atoms with van der Waals surface area (Å²) in [6.45, 7) is 0.385. The molecule has 0 aliphatic heterocycles. The van der Waals surface area contributed by atoms with Crippen LogP contribution in [0.2, 0.25) is 0 Å². The fourth-order valence-corrected chi connectivity index (χ4v) is 1.62. The van der Waals surface area contributed by atoms with Crippen LogP contribution in [0.15, 0.2) is 36.4 Å². The molecule has 2 N–H and O–H groups in total. The van der Waals surface area contributed by atoms with E-state index in [0.717, 1.165) is 5.75 Å². The van der Waals surface area contributed by atoms with Gasteiger partial charge in [0.15, 0.2) is 5.69 Å². The standard InChI is InChI=1S/C14H15N3O3/c1-15-13-9-11(14(18)19)16-12(17-13)7-8-20-10-5-3-2-4-6-10/h2-6,9H,7-8H2,1H3,(H,18,19)(H,15,16,17). The molecule has 1 heterocycles. The Morgan fingerprint density at radius 2 is 2.05 bits per heavy atom. The predicted molar refractivity (Wildman–Crippen MR) is 74.2 cm³/mol. The van der Waals surface area contributed by atoms with Gasteiger partial charge in [-0.25, -0.2) is 14.8 Å². The third-order valence-corrected chi connectivity index (χ3v) is 2.59. The van der Waals surface area contributed by atoms with Crippen LogP contribution >= 0.6 is 0 Å². The molecule has 0 radical (unpaired) electrons. The smallest absolute Gasteiger partial charge is 0.354 e. The van der Waals surface area contributed by atoms with Gasteiger partial charge in [0.05, 0.1) is 6.61 Å². The maximum absolute atomic E-state index is 11.0. The molecular weight excluding hydrogens is 258 g/mol. The molecule has 2 aromatic rings. The van der Waals surface area contributed by atoms with Crippen LogP contribution in [-0.2, 0) is 6.42 Å². The molecule has 1 aromatic carbocycles. The fourth-order valence-electron chi connectivity index (χ4n) is 1.62. The third-order valence-electron chi connectivity index (χ3n) is 2.59. The van der Waals surface area contributed by atoms with Gasteiger partial charge in [-0.05, 0) is 12.1 Å². The Kier molecular flexibility index (Phi) is 4.49. The van der Waals surface area contributed by atoms with Crippen molar-refractivity contribution < 1.29 is 14.6 Å². The minimum atomic E-state index is -1.07. The lowest BCUT2D eigenvalue weighted by molar-refractivity contribution is 0.0690. The SMILES string of the molecule is CNc1cc(C(=O)O)nc(CCOc2ccccc2)n1. The largest absolute Gasteiger partial charge is 0.493 e. The molecule has 0 saturated carbocycles. The van der Waals surface area contributed by atoms with Crippen molar-refractivity contribution in [1.82, 2.24) is 9.97 Å². The van der Waals surface area contributed by atoms with Gasteiger partial charge in [-0.1, -0.05) is 18.2 Å². The van der Waals surface area contributed by atoms with Gasteiger partial charge in [0, 0.05) is 19.5 Å². The molecule has 0 aliphatic carbocycles. The highest BCUT2D eigenvalue weighted by Crippen LogP contribution is 2.10. The molecule has 0 unspecified atom stereocenters. The van der Waals surface area contributed by atoms with Gasteiger partial charge in [-0.3, -0.25) is 0 Å². The molecule has 0 bridgehead atoms. The number of ether oxygens (including phenoxy) is 1. The number of nitrogens with zero attached hydrogens (tertiary/aromatic N) is 2. The number of rotatable bonds is 6. The van der Waals surface area contributed by atoms with Gasteiger partial charge < -0.3 is 15.2 Å². The second kappa shape index (κ2) is 6.51. The molecule has 20 heavy (non-hydrogen) atoms. The number of hydrogen-bond acceptors (Lipinski definition) is 5. The Balaban J connectivity index is 2.02. The van der Waals surface area contributed by atoms with E-state index < -0.39 is 5.97 Å². The molecule has 104 valence electrons. The highest BCUT2D eigenvalue weighted by atomic mass is 16.5. The summed E-state index contributed by atoms with van der Waals surface area (Å²) in [4.78, 5) is 19.1. The van der Waals surface area contributed by atoms with Crippen molar-refractivity contribution in [2.75, 3.05) is 19.0 Å². The maximum atomic E-state index is 11.0. The van der Waals surface area contributed by atoms with E-state index in [2.05, 4.69) is 15.3 Å². The molecule has 6 heteroatoms. The van der Waals surface area contributed by atoms with Crippen molar-refractivity contribution in [3.8, 4) is 5.75 Å². The van der Waals surface area contributed by atoms with Crippen LogP contribution in [0.1, 0.15) is 16.3 Å². The lowest BCUT2D eigenvalue weighted by Gasteiger charge is -2.07. The number of carbonyl (C=O) groups is 1. The van der Waals surface area contributed by atoms with Crippen molar-refractivity contribution in [1.29, 1.82) is 0 Å². The van der Waals surface area contributed by atoms with E-state index in [1.165, 1.54) is 6.07 Å².